The van der Waals surface area contributed by atoms with Gasteiger partial charge in [0.25, 0.3) is 0 Å². The minimum Gasteiger partial charge on any atom is -0.477 e. The fourth-order valence-electron chi connectivity index (χ4n) is 3.52. The van der Waals surface area contributed by atoms with Gasteiger partial charge in [-0.3, -0.25) is 4.90 Å². The second-order valence-corrected chi connectivity index (χ2v) is 7.17. The Labute approximate surface area is 173 Å². The number of aromatic nitrogens is 1. The molecule has 7 heteroatoms. The van der Waals surface area contributed by atoms with Crippen LogP contribution in [0.3, 0.4) is 0 Å². The Morgan fingerprint density at radius 2 is 2.10 bits per heavy atom. The fraction of sp³-hybridized carbons (Fsp3) is 0.545. The largest absolute Gasteiger partial charge is 0.477 e. The van der Waals surface area contributed by atoms with Gasteiger partial charge in [0.05, 0.1) is 25.5 Å². The van der Waals surface area contributed by atoms with E-state index in [9.17, 15) is 0 Å². The molecule has 2 N–H and O–H groups in total. The summed E-state index contributed by atoms with van der Waals surface area (Å²) in [6.45, 7) is 9.08. The van der Waals surface area contributed by atoms with Crippen LogP contribution in [0.15, 0.2) is 46.1 Å². The normalized spacial score (nSPS) is 16.0. The molecule has 0 aliphatic carbocycles. The summed E-state index contributed by atoms with van der Waals surface area (Å²) in [5.41, 5.74) is 0.986. The maximum Gasteiger partial charge on any atom is 0.218 e. The summed E-state index contributed by atoms with van der Waals surface area (Å²) in [5.74, 6) is 2.45. The number of ether oxygens (including phenoxy) is 1. The van der Waals surface area contributed by atoms with Crippen molar-refractivity contribution in [1.29, 1.82) is 0 Å². The van der Waals surface area contributed by atoms with E-state index in [1.54, 1.807) is 12.5 Å². The Bertz CT molecular complexity index is 741. The Balaban J connectivity index is 1.66. The summed E-state index contributed by atoms with van der Waals surface area (Å²) in [4.78, 5) is 11.6. The van der Waals surface area contributed by atoms with Crippen LogP contribution in [-0.2, 0) is 6.54 Å². The minimum absolute atomic E-state index is 0.207. The predicted octanol–water partition coefficient (Wildman–Crippen LogP) is 3.36. The molecule has 1 fully saturated rings. The highest BCUT2D eigenvalue weighted by Gasteiger charge is 2.25. The molecule has 3 rings (SSSR count). The first-order chi connectivity index (χ1) is 14.3. The van der Waals surface area contributed by atoms with Gasteiger partial charge in [-0.1, -0.05) is 13.0 Å². The SMILES string of the molecule is CCCOc1ncccc1CN=C(NCC)NCC(c1ccco1)N1CCCC1. The van der Waals surface area contributed by atoms with Gasteiger partial charge >= 0.3 is 0 Å². The molecule has 1 aliphatic heterocycles. The van der Waals surface area contributed by atoms with Gasteiger partial charge in [-0.05, 0) is 57.5 Å². The van der Waals surface area contributed by atoms with Gasteiger partial charge in [0.1, 0.15) is 5.76 Å². The molecule has 1 aliphatic rings. The smallest absolute Gasteiger partial charge is 0.218 e. The molecule has 0 spiro atoms. The van der Waals surface area contributed by atoms with Crippen molar-refractivity contribution < 1.29 is 9.15 Å². The Kier molecular flexibility index (Phi) is 8.37. The van der Waals surface area contributed by atoms with E-state index in [1.165, 1.54) is 12.8 Å². The summed E-state index contributed by atoms with van der Waals surface area (Å²) in [6.07, 6.45) is 6.94. The van der Waals surface area contributed by atoms with Gasteiger partial charge < -0.3 is 19.8 Å². The highest BCUT2D eigenvalue weighted by Crippen LogP contribution is 2.24. The number of rotatable bonds is 10. The van der Waals surface area contributed by atoms with Crippen molar-refractivity contribution in [1.82, 2.24) is 20.5 Å². The van der Waals surface area contributed by atoms with E-state index in [0.717, 1.165) is 49.9 Å². The first kappa shape index (κ1) is 21.2. The molecule has 1 atom stereocenters. The standard InChI is InChI=1S/C22H33N5O2/c1-3-14-29-21-18(9-7-11-24-21)16-25-22(23-4-2)26-17-19(20-10-8-15-28-20)27-12-5-6-13-27/h7-11,15,19H,3-6,12-14,16-17H2,1-2H3,(H2,23,25,26). The maximum absolute atomic E-state index is 5.75. The van der Waals surface area contributed by atoms with E-state index < -0.39 is 0 Å². The van der Waals surface area contributed by atoms with Crippen LogP contribution in [0.25, 0.3) is 0 Å². The number of hydrogen-bond acceptors (Lipinski definition) is 5. The summed E-state index contributed by atoms with van der Waals surface area (Å²) >= 11 is 0. The fourth-order valence-corrected chi connectivity index (χ4v) is 3.52. The second kappa shape index (κ2) is 11.5. The van der Waals surface area contributed by atoms with Crippen LogP contribution >= 0.6 is 0 Å². The number of guanidine groups is 1. The lowest BCUT2D eigenvalue weighted by atomic mass is 10.2. The Morgan fingerprint density at radius 1 is 1.24 bits per heavy atom. The lowest BCUT2D eigenvalue weighted by Crippen LogP contribution is -2.42. The predicted molar refractivity (Wildman–Crippen MR) is 115 cm³/mol. The first-order valence-corrected chi connectivity index (χ1v) is 10.7. The maximum atomic E-state index is 5.75. The summed E-state index contributed by atoms with van der Waals surface area (Å²) in [7, 11) is 0. The molecular formula is C22H33N5O2. The van der Waals surface area contributed by atoms with Crippen molar-refractivity contribution in [2.45, 2.75) is 45.7 Å². The molecule has 1 saturated heterocycles. The molecule has 0 amide bonds. The molecule has 158 valence electrons. The number of nitrogens with one attached hydrogen (secondary N) is 2. The van der Waals surface area contributed by atoms with E-state index in [1.807, 2.05) is 18.2 Å². The van der Waals surface area contributed by atoms with Crippen molar-refractivity contribution in [2.75, 3.05) is 32.8 Å². The zero-order chi connectivity index (χ0) is 20.3. The second-order valence-electron chi connectivity index (χ2n) is 7.17. The van der Waals surface area contributed by atoms with Crippen molar-refractivity contribution in [3.05, 3.63) is 48.0 Å². The number of nitrogens with zero attached hydrogens (tertiary/aromatic N) is 3. The Hall–Kier alpha value is -2.54. The lowest BCUT2D eigenvalue weighted by Gasteiger charge is -2.26. The number of furan rings is 1. The van der Waals surface area contributed by atoms with Crippen LogP contribution in [0.2, 0.25) is 0 Å². The van der Waals surface area contributed by atoms with E-state index >= 15 is 0 Å². The molecule has 2 aromatic rings. The average molecular weight is 400 g/mol. The minimum atomic E-state index is 0.207. The monoisotopic (exact) mass is 399 g/mol. The van der Waals surface area contributed by atoms with Crippen LogP contribution < -0.4 is 15.4 Å². The van der Waals surface area contributed by atoms with Gasteiger partial charge in [-0.2, -0.15) is 0 Å². The van der Waals surface area contributed by atoms with Crippen molar-refractivity contribution in [3.63, 3.8) is 0 Å². The van der Waals surface area contributed by atoms with Crippen LogP contribution in [0.4, 0.5) is 0 Å². The average Bonchev–Trinajstić information content (AvgIpc) is 3.46. The molecule has 7 nitrogen and oxygen atoms in total. The topological polar surface area (TPSA) is 74.9 Å². The number of likely N-dealkylation sites (tertiary alicyclic amines) is 1. The number of aliphatic imine (C=N–C) groups is 1. The number of pyridine rings is 1. The van der Waals surface area contributed by atoms with Crippen LogP contribution in [0.1, 0.15) is 50.5 Å². The molecule has 29 heavy (non-hydrogen) atoms. The van der Waals surface area contributed by atoms with E-state index in [4.69, 9.17) is 14.1 Å². The molecule has 0 radical (unpaired) electrons. The first-order valence-electron chi connectivity index (χ1n) is 10.7. The van der Waals surface area contributed by atoms with Gasteiger partial charge in [0, 0.05) is 24.8 Å². The molecule has 1 unspecified atom stereocenters. The summed E-state index contributed by atoms with van der Waals surface area (Å²) < 4.78 is 11.5. The molecule has 0 saturated carbocycles. The van der Waals surface area contributed by atoms with Gasteiger partial charge in [-0.15, -0.1) is 0 Å². The van der Waals surface area contributed by atoms with E-state index in [0.29, 0.717) is 19.0 Å². The third-order valence-electron chi connectivity index (χ3n) is 4.96. The number of hydrogen-bond donors (Lipinski definition) is 2. The molecule has 2 aromatic heterocycles. The lowest BCUT2D eigenvalue weighted by molar-refractivity contribution is 0.215. The van der Waals surface area contributed by atoms with Crippen molar-refractivity contribution >= 4 is 5.96 Å². The van der Waals surface area contributed by atoms with Crippen LogP contribution in [0.5, 0.6) is 5.88 Å². The van der Waals surface area contributed by atoms with E-state index in [2.05, 4.69) is 40.4 Å². The van der Waals surface area contributed by atoms with Gasteiger partial charge in [0.2, 0.25) is 5.88 Å². The highest BCUT2D eigenvalue weighted by molar-refractivity contribution is 5.79. The summed E-state index contributed by atoms with van der Waals surface area (Å²) in [6, 6.07) is 8.16. The molecular weight excluding hydrogens is 366 g/mol. The zero-order valence-corrected chi connectivity index (χ0v) is 17.6. The van der Waals surface area contributed by atoms with E-state index in [-0.39, 0.29) is 6.04 Å². The highest BCUT2D eigenvalue weighted by atomic mass is 16.5. The van der Waals surface area contributed by atoms with Gasteiger partial charge in [-0.25, -0.2) is 9.98 Å². The third kappa shape index (κ3) is 6.22. The molecule has 0 aromatic carbocycles. The molecule has 0 bridgehead atoms. The van der Waals surface area contributed by atoms with Crippen LogP contribution in [0, 0.1) is 0 Å². The van der Waals surface area contributed by atoms with Gasteiger partial charge in [0.15, 0.2) is 5.96 Å². The molecule has 3 heterocycles. The Morgan fingerprint density at radius 3 is 2.83 bits per heavy atom. The quantitative estimate of drug-likeness (QED) is 0.471. The van der Waals surface area contributed by atoms with Crippen LogP contribution in [-0.4, -0.2) is 48.6 Å². The third-order valence-corrected chi connectivity index (χ3v) is 4.96. The summed E-state index contributed by atoms with van der Waals surface area (Å²) in [5, 5.41) is 6.83. The zero-order valence-electron chi connectivity index (χ0n) is 17.6. The van der Waals surface area contributed by atoms with Crippen molar-refractivity contribution in [2.24, 2.45) is 4.99 Å². The van der Waals surface area contributed by atoms with Crippen molar-refractivity contribution in [3.8, 4) is 5.88 Å².